The van der Waals surface area contributed by atoms with Crippen LogP contribution in [0.4, 0.5) is 11.1 Å². The van der Waals surface area contributed by atoms with Crippen molar-refractivity contribution >= 4 is 44.3 Å². The summed E-state index contributed by atoms with van der Waals surface area (Å²) in [5.74, 6) is 0.557. The van der Waals surface area contributed by atoms with Crippen molar-refractivity contribution in [2.45, 2.75) is 26.7 Å². The minimum absolute atomic E-state index is 0.0464. The van der Waals surface area contributed by atoms with E-state index in [-0.39, 0.29) is 5.91 Å². The zero-order chi connectivity index (χ0) is 19.2. The van der Waals surface area contributed by atoms with Gasteiger partial charge in [-0.25, -0.2) is 15.0 Å². The molecule has 0 aliphatic rings. The first-order chi connectivity index (χ1) is 13.0. The van der Waals surface area contributed by atoms with Gasteiger partial charge in [-0.15, -0.1) is 11.3 Å². The second kappa shape index (κ2) is 9.05. The number of thiazole rings is 1. The van der Waals surface area contributed by atoms with Crippen molar-refractivity contribution in [2.75, 3.05) is 17.2 Å². The number of halogens is 1. The largest absolute Gasteiger partial charge is 0.354 e. The number of aromatic nitrogens is 3. The number of carbonyl (C=O) groups excluding carboxylic acids is 1. The van der Waals surface area contributed by atoms with E-state index in [9.17, 15) is 4.79 Å². The van der Waals surface area contributed by atoms with Gasteiger partial charge in [-0.3, -0.25) is 4.79 Å². The second-order valence-corrected chi connectivity index (χ2v) is 7.87. The highest BCUT2D eigenvalue weighted by Gasteiger charge is 2.08. The van der Waals surface area contributed by atoms with Crippen LogP contribution in [0.15, 0.2) is 40.2 Å². The summed E-state index contributed by atoms with van der Waals surface area (Å²) in [6, 6.07) is 9.85. The highest BCUT2D eigenvalue weighted by Crippen LogP contribution is 2.26. The Balaban J connectivity index is 1.45. The quantitative estimate of drug-likeness (QED) is 0.510. The van der Waals surface area contributed by atoms with Gasteiger partial charge in [-0.05, 0) is 38.5 Å². The molecule has 2 aromatic heterocycles. The first kappa shape index (κ1) is 19.4. The normalized spacial score (nSPS) is 10.6. The van der Waals surface area contributed by atoms with Crippen LogP contribution in [0.5, 0.6) is 0 Å². The molecule has 8 heteroatoms. The minimum Gasteiger partial charge on any atom is -0.354 e. The van der Waals surface area contributed by atoms with E-state index >= 15 is 0 Å². The summed E-state index contributed by atoms with van der Waals surface area (Å²) in [5, 5.41) is 8.57. The van der Waals surface area contributed by atoms with Gasteiger partial charge in [0.05, 0.1) is 5.69 Å². The Hall–Kier alpha value is -2.32. The molecule has 2 N–H and O–H groups in total. The van der Waals surface area contributed by atoms with Crippen molar-refractivity contribution in [1.82, 2.24) is 15.0 Å². The molecule has 0 atom stereocenters. The van der Waals surface area contributed by atoms with Crippen LogP contribution in [-0.2, 0) is 4.79 Å². The maximum atomic E-state index is 12.1. The fourth-order valence-electron chi connectivity index (χ4n) is 2.52. The lowest BCUT2D eigenvalue weighted by atomic mass is 10.2. The van der Waals surface area contributed by atoms with Crippen LogP contribution in [0.25, 0.3) is 11.3 Å². The van der Waals surface area contributed by atoms with Crippen molar-refractivity contribution < 1.29 is 4.79 Å². The van der Waals surface area contributed by atoms with Crippen LogP contribution in [0.1, 0.15) is 24.2 Å². The fraction of sp³-hybridized carbons (Fsp3) is 0.263. The van der Waals surface area contributed by atoms with Gasteiger partial charge >= 0.3 is 0 Å². The van der Waals surface area contributed by atoms with Crippen molar-refractivity contribution in [1.29, 1.82) is 0 Å². The van der Waals surface area contributed by atoms with Crippen molar-refractivity contribution in [3.8, 4) is 11.3 Å². The molecule has 0 saturated carbocycles. The molecule has 0 bridgehead atoms. The molecule has 2 heterocycles. The zero-order valence-electron chi connectivity index (χ0n) is 15.1. The first-order valence-electron chi connectivity index (χ1n) is 8.57. The summed E-state index contributed by atoms with van der Waals surface area (Å²) in [7, 11) is 0. The third-order valence-electron chi connectivity index (χ3n) is 3.74. The summed E-state index contributed by atoms with van der Waals surface area (Å²) < 4.78 is 1.02. The zero-order valence-corrected chi connectivity index (χ0v) is 17.5. The number of nitrogens with one attached hydrogen (secondary N) is 2. The topological polar surface area (TPSA) is 79.8 Å². The van der Waals surface area contributed by atoms with Gasteiger partial charge in [-0.2, -0.15) is 0 Å². The Kier molecular flexibility index (Phi) is 6.52. The number of aryl methyl sites for hydroxylation is 2. The number of benzene rings is 1. The lowest BCUT2D eigenvalue weighted by Crippen LogP contribution is -2.14. The summed E-state index contributed by atoms with van der Waals surface area (Å²) in [4.78, 5) is 25.2. The molecule has 6 nitrogen and oxygen atoms in total. The molecule has 0 unspecified atom stereocenters. The van der Waals surface area contributed by atoms with E-state index < -0.39 is 0 Å². The second-order valence-electron chi connectivity index (χ2n) is 6.10. The predicted molar refractivity (Wildman–Crippen MR) is 113 cm³/mol. The number of anilines is 2. The molecule has 0 aliphatic heterocycles. The smallest absolute Gasteiger partial charge is 0.226 e. The Labute approximate surface area is 170 Å². The Morgan fingerprint density at radius 2 is 1.81 bits per heavy atom. The Morgan fingerprint density at radius 3 is 2.52 bits per heavy atom. The SMILES string of the molecule is Cc1cc(C)nc(NCCCC(=O)Nc2nc(-c3ccc(Br)cc3)cs2)n1. The fourth-order valence-corrected chi connectivity index (χ4v) is 3.52. The average molecular weight is 446 g/mol. The molecular weight excluding hydrogens is 426 g/mol. The number of rotatable bonds is 7. The molecule has 0 saturated heterocycles. The molecule has 3 aromatic rings. The monoisotopic (exact) mass is 445 g/mol. The average Bonchev–Trinajstić information content (AvgIpc) is 3.07. The summed E-state index contributed by atoms with van der Waals surface area (Å²) in [6.45, 7) is 4.51. The molecule has 27 heavy (non-hydrogen) atoms. The van der Waals surface area contributed by atoms with Crippen LogP contribution < -0.4 is 10.6 Å². The highest BCUT2D eigenvalue weighted by atomic mass is 79.9. The van der Waals surface area contributed by atoms with Gasteiger partial charge < -0.3 is 10.6 Å². The molecule has 0 fully saturated rings. The van der Waals surface area contributed by atoms with Crippen LogP contribution >= 0.6 is 27.3 Å². The lowest BCUT2D eigenvalue weighted by molar-refractivity contribution is -0.116. The summed E-state index contributed by atoms with van der Waals surface area (Å²) in [5.41, 5.74) is 3.73. The number of nitrogens with zero attached hydrogens (tertiary/aromatic N) is 3. The standard InChI is InChI=1S/C19H20BrN5OS/c1-12-10-13(2)23-18(22-12)21-9-3-4-17(26)25-19-24-16(11-27-19)14-5-7-15(20)8-6-14/h5-8,10-11H,3-4,9H2,1-2H3,(H,21,22,23)(H,24,25,26). The Morgan fingerprint density at radius 1 is 1.11 bits per heavy atom. The third-order valence-corrected chi connectivity index (χ3v) is 5.02. The maximum Gasteiger partial charge on any atom is 0.226 e. The number of carbonyl (C=O) groups is 1. The number of amides is 1. The van der Waals surface area contributed by atoms with Crippen molar-refractivity contribution in [2.24, 2.45) is 0 Å². The molecule has 3 rings (SSSR count). The molecule has 0 radical (unpaired) electrons. The van der Waals surface area contributed by atoms with Crippen molar-refractivity contribution in [3.05, 3.63) is 51.6 Å². The number of hydrogen-bond donors (Lipinski definition) is 2. The van der Waals surface area contributed by atoms with E-state index in [1.807, 2.05) is 49.6 Å². The van der Waals surface area contributed by atoms with E-state index in [0.29, 0.717) is 30.5 Å². The van der Waals surface area contributed by atoms with Crippen LogP contribution in [0.3, 0.4) is 0 Å². The molecule has 0 aliphatic carbocycles. The van der Waals surface area contributed by atoms with Gasteiger partial charge in [0.25, 0.3) is 0 Å². The van der Waals surface area contributed by atoms with Gasteiger partial charge in [0.2, 0.25) is 11.9 Å². The lowest BCUT2D eigenvalue weighted by Gasteiger charge is -2.06. The first-order valence-corrected chi connectivity index (χ1v) is 10.2. The Bertz CT molecular complexity index is 906. The summed E-state index contributed by atoms with van der Waals surface area (Å²) in [6.07, 6.45) is 1.10. The van der Waals surface area contributed by atoms with E-state index in [1.54, 1.807) is 0 Å². The van der Waals surface area contributed by atoms with Crippen LogP contribution in [-0.4, -0.2) is 27.4 Å². The molecular formula is C19H20BrN5OS. The van der Waals surface area contributed by atoms with E-state index in [1.165, 1.54) is 11.3 Å². The van der Waals surface area contributed by atoms with E-state index in [4.69, 9.17) is 0 Å². The third kappa shape index (κ3) is 5.83. The summed E-state index contributed by atoms with van der Waals surface area (Å²) >= 11 is 4.85. The minimum atomic E-state index is -0.0464. The number of hydrogen-bond acceptors (Lipinski definition) is 6. The molecule has 140 valence electrons. The predicted octanol–water partition coefficient (Wildman–Crippen LogP) is 4.81. The van der Waals surface area contributed by atoms with Crippen LogP contribution in [0, 0.1) is 13.8 Å². The van der Waals surface area contributed by atoms with Gasteiger partial charge in [0.1, 0.15) is 0 Å². The highest BCUT2D eigenvalue weighted by molar-refractivity contribution is 9.10. The van der Waals surface area contributed by atoms with E-state index in [0.717, 1.165) is 27.1 Å². The van der Waals surface area contributed by atoms with Crippen LogP contribution in [0.2, 0.25) is 0 Å². The van der Waals surface area contributed by atoms with Gasteiger partial charge in [-0.1, -0.05) is 28.1 Å². The van der Waals surface area contributed by atoms with E-state index in [2.05, 4.69) is 41.5 Å². The van der Waals surface area contributed by atoms with Crippen molar-refractivity contribution in [3.63, 3.8) is 0 Å². The van der Waals surface area contributed by atoms with Gasteiger partial charge in [0, 0.05) is 39.8 Å². The molecule has 0 spiro atoms. The molecule has 1 amide bonds. The molecule has 1 aromatic carbocycles. The van der Waals surface area contributed by atoms with Gasteiger partial charge in [0.15, 0.2) is 5.13 Å². The maximum absolute atomic E-state index is 12.1.